The third kappa shape index (κ3) is 4.71. The fourth-order valence-electron chi connectivity index (χ4n) is 8.23. The molecule has 0 unspecified atom stereocenters. The number of benzene rings is 8. The van der Waals surface area contributed by atoms with Crippen LogP contribution in [-0.4, -0.2) is 0 Å². The van der Waals surface area contributed by atoms with Gasteiger partial charge in [0.25, 0.3) is 0 Å². The van der Waals surface area contributed by atoms with Gasteiger partial charge < -0.3 is 9.32 Å². The molecule has 0 atom stereocenters. The number of hydrogen-bond acceptors (Lipinski definition) is 2. The summed E-state index contributed by atoms with van der Waals surface area (Å²) in [6.07, 6.45) is 0. The minimum atomic E-state index is -0.0305. The van der Waals surface area contributed by atoms with E-state index in [1.54, 1.807) is 0 Å². The minimum absolute atomic E-state index is 0.0305. The average molecular weight is 654 g/mol. The van der Waals surface area contributed by atoms with Crippen molar-refractivity contribution in [1.82, 2.24) is 0 Å². The van der Waals surface area contributed by atoms with E-state index in [1.165, 1.54) is 55.3 Å². The van der Waals surface area contributed by atoms with E-state index in [0.717, 1.165) is 39.0 Å². The minimum Gasteiger partial charge on any atom is -0.456 e. The van der Waals surface area contributed by atoms with E-state index in [-0.39, 0.29) is 5.41 Å². The molecule has 8 aromatic carbocycles. The Morgan fingerprint density at radius 3 is 1.76 bits per heavy atom. The normalized spacial score (nSPS) is 13.1. The molecule has 0 radical (unpaired) electrons. The summed E-state index contributed by atoms with van der Waals surface area (Å²) < 4.78 is 6.10. The summed E-state index contributed by atoms with van der Waals surface area (Å²) in [6.45, 7) is 4.69. The van der Waals surface area contributed by atoms with E-state index in [9.17, 15) is 0 Å². The Labute approximate surface area is 297 Å². The molecule has 0 N–H and O–H groups in total. The summed E-state index contributed by atoms with van der Waals surface area (Å²) >= 11 is 0. The van der Waals surface area contributed by atoms with Crippen LogP contribution in [0.25, 0.3) is 66.1 Å². The third-order valence-corrected chi connectivity index (χ3v) is 10.9. The van der Waals surface area contributed by atoms with Crippen LogP contribution < -0.4 is 4.90 Å². The van der Waals surface area contributed by atoms with E-state index in [1.807, 2.05) is 12.1 Å². The van der Waals surface area contributed by atoms with Crippen LogP contribution in [0.2, 0.25) is 0 Å². The molecule has 9 aromatic rings. The first-order valence-electron chi connectivity index (χ1n) is 17.7. The molecule has 0 spiro atoms. The van der Waals surface area contributed by atoms with E-state index in [0.29, 0.717) is 0 Å². The average Bonchev–Trinajstić information content (AvgIpc) is 3.67. The maximum Gasteiger partial charge on any atom is 0.135 e. The maximum absolute atomic E-state index is 6.10. The van der Waals surface area contributed by atoms with E-state index >= 15 is 0 Å². The molecule has 10 rings (SSSR count). The van der Waals surface area contributed by atoms with Crippen molar-refractivity contribution >= 4 is 49.8 Å². The lowest BCUT2D eigenvalue weighted by Crippen LogP contribution is -2.14. The highest BCUT2D eigenvalue weighted by Crippen LogP contribution is 2.49. The lowest BCUT2D eigenvalue weighted by atomic mass is 9.81. The van der Waals surface area contributed by atoms with Gasteiger partial charge >= 0.3 is 0 Å². The first kappa shape index (κ1) is 29.5. The molecule has 1 aliphatic carbocycles. The number of hydrogen-bond donors (Lipinski definition) is 0. The zero-order chi connectivity index (χ0) is 34.1. The molecule has 1 heterocycles. The standard InChI is InChI=1S/C49H35NO/c1-49(2)44-15-7-5-13-40(44)41-28-22-36(31-45(41)49)33-20-26-38(27-21-33)50(46-16-9-11-34-10-3-4-12-39(34)46)37-24-18-32(19-25-37)35-23-29-48-43(30-35)42-14-6-8-17-47(42)51-48/h3-31H,1-2H3. The molecule has 2 nitrogen and oxygen atoms in total. The van der Waals surface area contributed by atoms with Crippen LogP contribution in [0.3, 0.4) is 0 Å². The monoisotopic (exact) mass is 653 g/mol. The van der Waals surface area contributed by atoms with Gasteiger partial charge in [-0.25, -0.2) is 0 Å². The molecule has 0 bridgehead atoms. The Morgan fingerprint density at radius 2 is 0.980 bits per heavy atom. The molecular weight excluding hydrogens is 619 g/mol. The van der Waals surface area contributed by atoms with Crippen LogP contribution in [0.5, 0.6) is 0 Å². The number of fused-ring (bicyclic) bond motifs is 7. The molecule has 0 fully saturated rings. The summed E-state index contributed by atoms with van der Waals surface area (Å²) in [5, 5.41) is 4.72. The SMILES string of the molecule is CC1(C)c2ccccc2-c2ccc(-c3ccc(N(c4ccc(-c5ccc6oc7ccccc7c6c5)cc4)c4cccc5ccccc45)cc3)cc21. The zero-order valence-corrected chi connectivity index (χ0v) is 28.6. The van der Waals surface area contributed by atoms with Crippen molar-refractivity contribution in [2.75, 3.05) is 4.90 Å². The first-order valence-corrected chi connectivity index (χ1v) is 17.7. The molecule has 2 heteroatoms. The second-order valence-corrected chi connectivity index (χ2v) is 14.2. The van der Waals surface area contributed by atoms with Crippen LogP contribution in [0, 0.1) is 0 Å². The molecule has 1 aliphatic rings. The van der Waals surface area contributed by atoms with Gasteiger partial charge in [0.1, 0.15) is 11.2 Å². The Bertz CT molecular complexity index is 2760. The number of para-hydroxylation sites is 1. The van der Waals surface area contributed by atoms with Crippen LogP contribution in [0.15, 0.2) is 180 Å². The zero-order valence-electron chi connectivity index (χ0n) is 28.6. The van der Waals surface area contributed by atoms with Gasteiger partial charge in [0.15, 0.2) is 0 Å². The second kappa shape index (κ2) is 11.3. The predicted molar refractivity (Wildman–Crippen MR) is 214 cm³/mol. The molecule has 242 valence electrons. The van der Waals surface area contributed by atoms with Gasteiger partial charge in [0.05, 0.1) is 5.69 Å². The van der Waals surface area contributed by atoms with Crippen LogP contribution in [0.1, 0.15) is 25.0 Å². The van der Waals surface area contributed by atoms with Crippen molar-refractivity contribution in [3.63, 3.8) is 0 Å². The second-order valence-electron chi connectivity index (χ2n) is 14.2. The fraction of sp³-hybridized carbons (Fsp3) is 0.0612. The van der Waals surface area contributed by atoms with E-state index in [4.69, 9.17) is 4.42 Å². The maximum atomic E-state index is 6.10. The Kier molecular flexibility index (Phi) is 6.56. The van der Waals surface area contributed by atoms with Crippen molar-refractivity contribution in [3.8, 4) is 33.4 Å². The van der Waals surface area contributed by atoms with Crippen LogP contribution >= 0.6 is 0 Å². The predicted octanol–water partition coefficient (Wildman–Crippen LogP) is 13.8. The lowest BCUT2D eigenvalue weighted by molar-refractivity contribution is 0.660. The van der Waals surface area contributed by atoms with Crippen molar-refractivity contribution < 1.29 is 4.42 Å². The number of anilines is 3. The highest BCUT2D eigenvalue weighted by molar-refractivity contribution is 6.06. The summed E-state index contributed by atoms with van der Waals surface area (Å²) in [6, 6.07) is 63.7. The van der Waals surface area contributed by atoms with Crippen molar-refractivity contribution in [1.29, 1.82) is 0 Å². The quantitative estimate of drug-likeness (QED) is 0.184. The van der Waals surface area contributed by atoms with Gasteiger partial charge in [0, 0.05) is 32.9 Å². The van der Waals surface area contributed by atoms with E-state index in [2.05, 4.69) is 183 Å². The number of nitrogens with zero attached hydrogens (tertiary/aromatic N) is 1. The molecule has 0 aliphatic heterocycles. The van der Waals surface area contributed by atoms with Gasteiger partial charge in [-0.05, 0) is 104 Å². The summed E-state index contributed by atoms with van der Waals surface area (Å²) in [5.74, 6) is 0. The molecule has 0 amide bonds. The third-order valence-electron chi connectivity index (χ3n) is 10.9. The summed E-state index contributed by atoms with van der Waals surface area (Å²) in [4.78, 5) is 2.38. The van der Waals surface area contributed by atoms with Crippen LogP contribution in [0.4, 0.5) is 17.1 Å². The van der Waals surface area contributed by atoms with Gasteiger partial charge in [-0.2, -0.15) is 0 Å². The van der Waals surface area contributed by atoms with Crippen molar-refractivity contribution in [2.45, 2.75) is 19.3 Å². The van der Waals surface area contributed by atoms with Gasteiger partial charge in [-0.15, -0.1) is 0 Å². The Balaban J connectivity index is 1.04. The van der Waals surface area contributed by atoms with Crippen molar-refractivity contribution in [2.24, 2.45) is 0 Å². The summed E-state index contributed by atoms with van der Waals surface area (Å²) in [5.41, 5.74) is 15.5. The van der Waals surface area contributed by atoms with E-state index < -0.39 is 0 Å². The molecule has 51 heavy (non-hydrogen) atoms. The lowest BCUT2D eigenvalue weighted by Gasteiger charge is -2.27. The van der Waals surface area contributed by atoms with Gasteiger partial charge in [0.2, 0.25) is 0 Å². The topological polar surface area (TPSA) is 16.4 Å². The Morgan fingerprint density at radius 1 is 0.412 bits per heavy atom. The highest BCUT2D eigenvalue weighted by Gasteiger charge is 2.35. The summed E-state index contributed by atoms with van der Waals surface area (Å²) in [7, 11) is 0. The number of furan rings is 1. The number of rotatable bonds is 5. The van der Waals surface area contributed by atoms with Gasteiger partial charge in [-0.3, -0.25) is 0 Å². The molecular formula is C49H35NO. The molecule has 1 aromatic heterocycles. The first-order chi connectivity index (χ1) is 25.0. The molecule has 0 saturated carbocycles. The van der Waals surface area contributed by atoms with Crippen LogP contribution in [-0.2, 0) is 5.41 Å². The van der Waals surface area contributed by atoms with Crippen molar-refractivity contribution in [3.05, 3.63) is 187 Å². The smallest absolute Gasteiger partial charge is 0.135 e. The fourth-order valence-corrected chi connectivity index (χ4v) is 8.23. The molecule has 0 saturated heterocycles. The highest BCUT2D eigenvalue weighted by atomic mass is 16.3. The van der Waals surface area contributed by atoms with Gasteiger partial charge in [-0.1, -0.05) is 135 Å². The largest absolute Gasteiger partial charge is 0.456 e. The Hall–Kier alpha value is -6.38.